The first kappa shape index (κ1) is 9.97. The van der Waals surface area contributed by atoms with E-state index in [0.29, 0.717) is 11.5 Å². The second kappa shape index (κ2) is 3.89. The Balaban J connectivity index is 2.40. The summed E-state index contributed by atoms with van der Waals surface area (Å²) in [6.07, 6.45) is 4.21. The van der Waals surface area contributed by atoms with E-state index < -0.39 is 0 Å². The Morgan fingerprint density at radius 2 is 2.20 bits per heavy atom. The average molecular weight is 202 g/mol. The predicted octanol–water partition coefficient (Wildman–Crippen LogP) is 2.99. The molecule has 2 heteroatoms. The minimum absolute atomic E-state index is 0.277. The van der Waals surface area contributed by atoms with Crippen LogP contribution in [-0.4, -0.2) is 13.1 Å². The van der Waals surface area contributed by atoms with Crippen LogP contribution < -0.4 is 0 Å². The normalized spacial score (nSPS) is 14.7. The summed E-state index contributed by atoms with van der Waals surface area (Å²) in [6.45, 7) is 3.73. The molecular formula is C13H14O2. The van der Waals surface area contributed by atoms with E-state index in [1.54, 1.807) is 6.08 Å². The van der Waals surface area contributed by atoms with E-state index in [2.05, 4.69) is 12.6 Å². The van der Waals surface area contributed by atoms with Crippen molar-refractivity contribution >= 4 is 12.0 Å². The highest BCUT2D eigenvalue weighted by atomic mass is 16.5. The highest BCUT2D eigenvalue weighted by Crippen LogP contribution is 2.40. The molecule has 0 radical (unpaired) electrons. The number of ether oxygens (including phenoxy) is 1. The van der Waals surface area contributed by atoms with Gasteiger partial charge >= 0.3 is 5.97 Å². The molecule has 0 unspecified atom stereocenters. The summed E-state index contributed by atoms with van der Waals surface area (Å²) in [6, 6.07) is 5.83. The van der Waals surface area contributed by atoms with E-state index in [0.717, 1.165) is 5.56 Å². The van der Waals surface area contributed by atoms with E-state index in [-0.39, 0.29) is 5.97 Å². The molecule has 2 rings (SSSR count). The molecule has 1 aromatic rings. The maximum atomic E-state index is 11.4. The molecule has 15 heavy (non-hydrogen) atoms. The van der Waals surface area contributed by atoms with Gasteiger partial charge in [0.25, 0.3) is 0 Å². The van der Waals surface area contributed by atoms with Crippen molar-refractivity contribution in [1.29, 1.82) is 0 Å². The summed E-state index contributed by atoms with van der Waals surface area (Å²) in [7, 11) is 1.40. The Hall–Kier alpha value is -1.57. The summed E-state index contributed by atoms with van der Waals surface area (Å²) in [5.74, 6) is 0.355. The molecule has 0 spiro atoms. The highest BCUT2D eigenvalue weighted by Gasteiger charge is 2.24. The third-order valence-corrected chi connectivity index (χ3v) is 2.68. The Labute approximate surface area is 89.6 Å². The lowest BCUT2D eigenvalue weighted by molar-refractivity contribution is 0.0600. The molecule has 1 aromatic carbocycles. The van der Waals surface area contributed by atoms with Crippen molar-refractivity contribution in [3.8, 4) is 0 Å². The predicted molar refractivity (Wildman–Crippen MR) is 59.8 cm³/mol. The van der Waals surface area contributed by atoms with Gasteiger partial charge in [0.15, 0.2) is 0 Å². The molecule has 0 atom stereocenters. The Morgan fingerprint density at radius 1 is 1.47 bits per heavy atom. The van der Waals surface area contributed by atoms with E-state index in [9.17, 15) is 4.79 Å². The van der Waals surface area contributed by atoms with Gasteiger partial charge in [-0.25, -0.2) is 4.79 Å². The molecule has 0 aliphatic heterocycles. The minimum atomic E-state index is -0.277. The number of rotatable bonds is 3. The molecule has 1 aliphatic rings. The number of hydrogen-bond donors (Lipinski definition) is 0. The van der Waals surface area contributed by atoms with Crippen LogP contribution in [0.1, 0.15) is 40.2 Å². The molecule has 0 bridgehead atoms. The van der Waals surface area contributed by atoms with Crippen molar-refractivity contribution in [2.75, 3.05) is 7.11 Å². The molecule has 2 nitrogen and oxygen atoms in total. The Morgan fingerprint density at radius 3 is 2.73 bits per heavy atom. The van der Waals surface area contributed by atoms with Crippen molar-refractivity contribution in [2.24, 2.45) is 0 Å². The van der Waals surface area contributed by atoms with Crippen LogP contribution in [0.2, 0.25) is 0 Å². The molecule has 0 N–H and O–H groups in total. The fraction of sp³-hybridized carbons (Fsp3) is 0.308. The van der Waals surface area contributed by atoms with Crippen LogP contribution in [0.25, 0.3) is 6.08 Å². The third kappa shape index (κ3) is 2.09. The zero-order valence-corrected chi connectivity index (χ0v) is 8.82. The lowest BCUT2D eigenvalue weighted by Crippen LogP contribution is -2.02. The first-order valence-corrected chi connectivity index (χ1v) is 5.10. The van der Waals surface area contributed by atoms with Gasteiger partial charge in [0.05, 0.1) is 12.7 Å². The molecule has 0 heterocycles. The minimum Gasteiger partial charge on any atom is -0.465 e. The van der Waals surface area contributed by atoms with Crippen LogP contribution >= 0.6 is 0 Å². The summed E-state index contributed by atoms with van der Waals surface area (Å²) >= 11 is 0. The van der Waals surface area contributed by atoms with Gasteiger partial charge in [-0.05, 0) is 42.0 Å². The van der Waals surface area contributed by atoms with Gasteiger partial charge in [0.2, 0.25) is 0 Å². The fourth-order valence-electron chi connectivity index (χ4n) is 1.68. The van der Waals surface area contributed by atoms with Crippen LogP contribution in [0.5, 0.6) is 0 Å². The summed E-state index contributed by atoms with van der Waals surface area (Å²) in [4.78, 5) is 11.4. The lowest BCUT2D eigenvalue weighted by Gasteiger charge is -2.05. The molecule has 1 aliphatic carbocycles. The number of hydrogen-bond acceptors (Lipinski definition) is 2. The molecule has 1 saturated carbocycles. The van der Waals surface area contributed by atoms with Gasteiger partial charge in [0, 0.05) is 0 Å². The van der Waals surface area contributed by atoms with Gasteiger partial charge in [-0.3, -0.25) is 0 Å². The van der Waals surface area contributed by atoms with Crippen molar-refractivity contribution in [1.82, 2.24) is 0 Å². The largest absolute Gasteiger partial charge is 0.465 e. The highest BCUT2D eigenvalue weighted by molar-refractivity contribution is 5.90. The summed E-state index contributed by atoms with van der Waals surface area (Å²) in [5, 5.41) is 0. The standard InChI is InChI=1S/C13H14O2/c1-3-9-6-11(10-4-5-10)8-12(7-9)13(14)15-2/h3,6-8,10H,1,4-5H2,2H3. The van der Waals surface area contributed by atoms with E-state index in [1.165, 1.54) is 25.5 Å². The van der Waals surface area contributed by atoms with Gasteiger partial charge in [-0.1, -0.05) is 18.7 Å². The second-order valence-corrected chi connectivity index (χ2v) is 3.86. The Kier molecular flexibility index (Phi) is 2.58. The van der Waals surface area contributed by atoms with Gasteiger partial charge < -0.3 is 4.74 Å². The average Bonchev–Trinajstić information content (AvgIpc) is 3.11. The third-order valence-electron chi connectivity index (χ3n) is 2.68. The zero-order valence-electron chi connectivity index (χ0n) is 8.82. The molecule has 0 amide bonds. The van der Waals surface area contributed by atoms with Crippen LogP contribution in [-0.2, 0) is 4.74 Å². The molecule has 78 valence electrons. The van der Waals surface area contributed by atoms with Crippen LogP contribution in [0.3, 0.4) is 0 Å². The van der Waals surface area contributed by atoms with Gasteiger partial charge in [0.1, 0.15) is 0 Å². The molecule has 0 saturated heterocycles. The lowest BCUT2D eigenvalue weighted by atomic mass is 10.0. The Bertz CT molecular complexity index is 403. The van der Waals surface area contributed by atoms with E-state index in [4.69, 9.17) is 4.74 Å². The second-order valence-electron chi connectivity index (χ2n) is 3.86. The van der Waals surface area contributed by atoms with E-state index in [1.807, 2.05) is 12.1 Å². The van der Waals surface area contributed by atoms with Crippen LogP contribution in [0.15, 0.2) is 24.8 Å². The first-order valence-electron chi connectivity index (χ1n) is 5.10. The molecular weight excluding hydrogens is 188 g/mol. The topological polar surface area (TPSA) is 26.3 Å². The first-order chi connectivity index (χ1) is 7.24. The number of carbonyl (C=O) groups is 1. The van der Waals surface area contributed by atoms with Crippen LogP contribution in [0.4, 0.5) is 0 Å². The number of methoxy groups -OCH3 is 1. The summed E-state index contributed by atoms with van der Waals surface area (Å²) in [5.41, 5.74) is 2.84. The summed E-state index contributed by atoms with van der Waals surface area (Å²) < 4.78 is 4.72. The van der Waals surface area contributed by atoms with Gasteiger partial charge in [-0.2, -0.15) is 0 Å². The number of esters is 1. The van der Waals surface area contributed by atoms with Gasteiger partial charge in [-0.15, -0.1) is 0 Å². The van der Waals surface area contributed by atoms with Crippen molar-refractivity contribution in [2.45, 2.75) is 18.8 Å². The number of carbonyl (C=O) groups excluding carboxylic acids is 1. The monoisotopic (exact) mass is 202 g/mol. The fourth-order valence-corrected chi connectivity index (χ4v) is 1.68. The van der Waals surface area contributed by atoms with Crippen LogP contribution in [0, 0.1) is 0 Å². The van der Waals surface area contributed by atoms with Crippen molar-refractivity contribution in [3.63, 3.8) is 0 Å². The quantitative estimate of drug-likeness (QED) is 0.704. The van der Waals surface area contributed by atoms with Crippen molar-refractivity contribution in [3.05, 3.63) is 41.5 Å². The van der Waals surface area contributed by atoms with E-state index >= 15 is 0 Å². The zero-order chi connectivity index (χ0) is 10.8. The molecule has 0 aromatic heterocycles. The maximum absolute atomic E-state index is 11.4. The smallest absolute Gasteiger partial charge is 0.337 e. The SMILES string of the molecule is C=Cc1cc(C(=O)OC)cc(C2CC2)c1. The number of benzene rings is 1. The van der Waals surface area contributed by atoms with Crippen molar-refractivity contribution < 1.29 is 9.53 Å². The maximum Gasteiger partial charge on any atom is 0.337 e. The molecule has 1 fully saturated rings.